The van der Waals surface area contributed by atoms with E-state index in [0.29, 0.717) is 33.5 Å². The minimum atomic E-state index is -4.88. The maximum Gasteiger partial charge on any atom is 0.573 e. The van der Waals surface area contributed by atoms with Crippen molar-refractivity contribution in [2.24, 2.45) is 0 Å². The molecule has 0 saturated carbocycles. The molecule has 2 aromatic carbocycles. The molecule has 7 nitrogen and oxygen atoms in total. The Hall–Kier alpha value is -4.02. The molecule has 0 aliphatic carbocycles. The fourth-order valence-corrected chi connectivity index (χ4v) is 4.34. The van der Waals surface area contributed by atoms with E-state index in [9.17, 15) is 28.2 Å². The second-order valence-corrected chi connectivity index (χ2v) is 9.77. The Balaban J connectivity index is 2.09. The van der Waals surface area contributed by atoms with E-state index in [1.807, 2.05) is 19.1 Å². The van der Waals surface area contributed by atoms with E-state index in [4.69, 9.17) is 9.47 Å². The van der Waals surface area contributed by atoms with Crippen LogP contribution in [-0.2, 0) is 16.0 Å². The number of aromatic nitrogens is 1. The molecule has 1 aromatic heterocycles. The fraction of sp³-hybridized carbons (Fsp3) is 0.323. The van der Waals surface area contributed by atoms with Gasteiger partial charge in [-0.05, 0) is 69.2 Å². The topological polar surface area (TPSA) is 90.2 Å². The Labute approximate surface area is 236 Å². The lowest BCUT2D eigenvalue weighted by Crippen LogP contribution is -2.38. The van der Waals surface area contributed by atoms with Crippen LogP contribution in [0.4, 0.5) is 13.2 Å². The number of ether oxygens (including phenoxy) is 3. The number of allylic oxidation sites excluding steroid dienone is 3. The molecule has 3 rings (SSSR count). The molecule has 0 fully saturated rings. The van der Waals surface area contributed by atoms with Gasteiger partial charge in [-0.2, -0.15) is 0 Å². The maximum absolute atomic E-state index is 13.0. The van der Waals surface area contributed by atoms with Gasteiger partial charge in [0.05, 0.1) is 11.6 Å². The van der Waals surface area contributed by atoms with E-state index < -0.39 is 29.9 Å². The molecule has 0 bridgehead atoms. The van der Waals surface area contributed by atoms with E-state index >= 15 is 0 Å². The average molecular weight is 574 g/mol. The van der Waals surface area contributed by atoms with Crippen molar-refractivity contribution in [3.05, 3.63) is 95.7 Å². The largest absolute Gasteiger partial charge is 0.573 e. The van der Waals surface area contributed by atoms with Crippen molar-refractivity contribution >= 4 is 16.9 Å². The van der Waals surface area contributed by atoms with Gasteiger partial charge in [0.1, 0.15) is 17.7 Å². The fourth-order valence-electron chi connectivity index (χ4n) is 4.34. The highest BCUT2D eigenvalue weighted by atomic mass is 19.4. The van der Waals surface area contributed by atoms with Crippen LogP contribution in [0.2, 0.25) is 0 Å². The highest BCUT2D eigenvalue weighted by molar-refractivity contribution is 5.87. The number of carbonyl (C=O) groups is 1. The summed E-state index contributed by atoms with van der Waals surface area (Å²) in [5.74, 6) is -1.23. The van der Waals surface area contributed by atoms with Crippen molar-refractivity contribution in [3.63, 3.8) is 0 Å². The number of aliphatic hydroxyl groups is 1. The molecule has 3 aromatic rings. The van der Waals surface area contributed by atoms with E-state index in [-0.39, 0.29) is 12.5 Å². The minimum absolute atomic E-state index is 0.186. The number of carboxylic acids is 1. The van der Waals surface area contributed by atoms with Crippen molar-refractivity contribution in [3.8, 4) is 11.5 Å². The molecule has 0 aliphatic rings. The van der Waals surface area contributed by atoms with Crippen molar-refractivity contribution in [1.29, 1.82) is 0 Å². The van der Waals surface area contributed by atoms with Gasteiger partial charge >= 0.3 is 12.3 Å². The second-order valence-electron chi connectivity index (χ2n) is 9.77. The SMILES string of the molecule is C/C=C\C(C=C/C=C/C(O)n1c(C)c(Cc2ccccc2OC(C)(C)C(=O)O)c2cc(OC(F)(F)F)ccc21)OC. The third-order valence-electron chi connectivity index (χ3n) is 6.42. The monoisotopic (exact) mass is 573 g/mol. The molecule has 2 atom stereocenters. The molecule has 0 aliphatic heterocycles. The summed E-state index contributed by atoms with van der Waals surface area (Å²) in [6.45, 7) is 6.48. The molecule has 2 N–H and O–H groups in total. The summed E-state index contributed by atoms with van der Waals surface area (Å²) in [5.41, 5.74) is 0.805. The maximum atomic E-state index is 13.0. The van der Waals surface area contributed by atoms with Gasteiger partial charge in [-0.25, -0.2) is 4.79 Å². The minimum Gasteiger partial charge on any atom is -0.478 e. The Bertz CT molecular complexity index is 1450. The van der Waals surface area contributed by atoms with Crippen LogP contribution in [-0.4, -0.2) is 45.9 Å². The first-order valence-corrected chi connectivity index (χ1v) is 12.9. The van der Waals surface area contributed by atoms with Crippen LogP contribution in [0.1, 0.15) is 43.8 Å². The van der Waals surface area contributed by atoms with Gasteiger partial charge in [-0.3, -0.25) is 0 Å². The molecule has 0 radical (unpaired) electrons. The van der Waals surface area contributed by atoms with E-state index in [0.717, 1.165) is 0 Å². The number of fused-ring (bicyclic) bond motifs is 1. The van der Waals surface area contributed by atoms with E-state index in [1.165, 1.54) is 32.0 Å². The van der Waals surface area contributed by atoms with E-state index in [2.05, 4.69) is 4.74 Å². The van der Waals surface area contributed by atoms with Crippen molar-refractivity contribution in [1.82, 2.24) is 4.57 Å². The predicted octanol–water partition coefficient (Wildman–Crippen LogP) is 6.88. The summed E-state index contributed by atoms with van der Waals surface area (Å²) in [5, 5.41) is 21.1. The number of benzene rings is 2. The van der Waals surface area contributed by atoms with Crippen LogP contribution in [0.3, 0.4) is 0 Å². The molecular weight excluding hydrogens is 539 g/mol. The second kappa shape index (κ2) is 13.1. The predicted molar refractivity (Wildman–Crippen MR) is 150 cm³/mol. The third kappa shape index (κ3) is 8.02. The number of aliphatic carboxylic acids is 1. The zero-order valence-corrected chi connectivity index (χ0v) is 23.5. The Kier molecular flexibility index (Phi) is 10.1. The Morgan fingerprint density at radius 3 is 2.37 bits per heavy atom. The summed E-state index contributed by atoms with van der Waals surface area (Å²) >= 11 is 0. The molecule has 1 heterocycles. The van der Waals surface area contributed by atoms with Crippen LogP contribution < -0.4 is 9.47 Å². The number of hydrogen-bond donors (Lipinski definition) is 2. The third-order valence-corrected chi connectivity index (χ3v) is 6.42. The lowest BCUT2D eigenvalue weighted by atomic mass is 10.0. The standard InChI is InChI=1S/C31H34F3NO6/c1-6-11-22(39-5)13-8-10-15-28(36)35-20(2)24(25-19-23(16-17-26(25)35)40-31(32,33)34)18-21-12-7-9-14-27(21)41-30(3,4)29(37)38/h6-17,19,22,28,36H,18H2,1-5H3,(H,37,38)/b11-6-,13-8?,15-10+. The average Bonchev–Trinajstić information content (AvgIpc) is 3.16. The number of rotatable bonds is 12. The number of hydrogen-bond acceptors (Lipinski definition) is 5. The molecule has 0 saturated heterocycles. The quantitative estimate of drug-likeness (QED) is 0.181. The molecule has 0 amide bonds. The lowest BCUT2D eigenvalue weighted by Gasteiger charge is -2.23. The van der Waals surface area contributed by atoms with Crippen LogP contribution >= 0.6 is 0 Å². The first kappa shape index (κ1) is 31.5. The highest BCUT2D eigenvalue weighted by Gasteiger charge is 2.32. The first-order valence-electron chi connectivity index (χ1n) is 12.9. The van der Waals surface area contributed by atoms with Gasteiger partial charge in [-0.15, -0.1) is 13.2 Å². The zero-order chi connectivity index (χ0) is 30.4. The first-order chi connectivity index (χ1) is 19.3. The van der Waals surface area contributed by atoms with Gasteiger partial charge in [0.25, 0.3) is 0 Å². The number of halogens is 3. The summed E-state index contributed by atoms with van der Waals surface area (Å²) in [6.07, 6.45) is 4.37. The van der Waals surface area contributed by atoms with Gasteiger partial charge < -0.3 is 29.0 Å². The van der Waals surface area contributed by atoms with Crippen LogP contribution in [0.25, 0.3) is 10.9 Å². The summed E-state index contributed by atoms with van der Waals surface area (Å²) in [4.78, 5) is 11.7. The van der Waals surface area contributed by atoms with Crippen molar-refractivity contribution in [2.75, 3.05) is 7.11 Å². The number of nitrogens with zero attached hydrogens (tertiary/aromatic N) is 1. The number of para-hydroxylation sites is 1. The van der Waals surface area contributed by atoms with Crippen LogP contribution in [0, 0.1) is 6.92 Å². The summed E-state index contributed by atoms with van der Waals surface area (Å²) in [6, 6.07) is 10.8. The summed E-state index contributed by atoms with van der Waals surface area (Å²) in [7, 11) is 1.58. The molecular formula is C31H34F3NO6. The Morgan fingerprint density at radius 2 is 1.73 bits per heavy atom. The smallest absolute Gasteiger partial charge is 0.478 e. The van der Waals surface area contributed by atoms with Crippen LogP contribution in [0.5, 0.6) is 11.5 Å². The normalized spacial score (nSPS) is 14.4. The molecule has 2 unspecified atom stereocenters. The van der Waals surface area contributed by atoms with Gasteiger partial charge in [-0.1, -0.05) is 48.6 Å². The van der Waals surface area contributed by atoms with Gasteiger partial charge in [0.15, 0.2) is 5.60 Å². The van der Waals surface area contributed by atoms with Crippen LogP contribution in [0.15, 0.2) is 78.9 Å². The Morgan fingerprint density at radius 1 is 1.05 bits per heavy atom. The van der Waals surface area contributed by atoms with Crippen molar-refractivity contribution in [2.45, 2.75) is 58.4 Å². The number of carboxylic acid groups (broad SMARTS) is 1. The van der Waals surface area contributed by atoms with E-state index in [1.54, 1.807) is 67.2 Å². The van der Waals surface area contributed by atoms with Gasteiger partial charge in [0.2, 0.25) is 0 Å². The summed E-state index contributed by atoms with van der Waals surface area (Å²) < 4.78 is 56.0. The molecule has 10 heteroatoms. The number of methoxy groups -OCH3 is 1. The molecule has 0 spiro atoms. The number of alkyl halides is 3. The molecule has 41 heavy (non-hydrogen) atoms. The zero-order valence-electron chi connectivity index (χ0n) is 23.5. The lowest BCUT2D eigenvalue weighted by molar-refractivity contribution is -0.274. The van der Waals surface area contributed by atoms with Crippen molar-refractivity contribution < 1.29 is 42.4 Å². The van der Waals surface area contributed by atoms with Gasteiger partial charge in [0, 0.05) is 24.6 Å². The number of aliphatic hydroxyl groups excluding tert-OH is 1. The highest BCUT2D eigenvalue weighted by Crippen LogP contribution is 2.36. The molecule has 220 valence electrons.